The predicted octanol–water partition coefficient (Wildman–Crippen LogP) is 5.66. The Bertz CT molecular complexity index is 1450. The van der Waals surface area contributed by atoms with Crippen LogP contribution in [0.4, 0.5) is 5.69 Å². The minimum atomic E-state index is -1.25. The molecule has 0 aliphatic carbocycles. The van der Waals surface area contributed by atoms with Crippen LogP contribution in [0.3, 0.4) is 0 Å². The van der Waals surface area contributed by atoms with Crippen molar-refractivity contribution in [1.82, 2.24) is 0 Å². The number of benzene rings is 4. The minimum absolute atomic E-state index is 0.151. The van der Waals surface area contributed by atoms with Crippen LogP contribution in [0.15, 0.2) is 115 Å². The van der Waals surface area contributed by atoms with Crippen molar-refractivity contribution >= 4 is 35.2 Å². The Balaban J connectivity index is 1.32. The Morgan fingerprint density at radius 2 is 1.31 bits per heavy atom. The highest BCUT2D eigenvalue weighted by Gasteiger charge is 2.42. The van der Waals surface area contributed by atoms with Gasteiger partial charge in [0.2, 0.25) is 0 Å². The number of amides is 1. The number of anilines is 1. The van der Waals surface area contributed by atoms with Crippen molar-refractivity contribution in [3.05, 3.63) is 132 Å². The van der Waals surface area contributed by atoms with Gasteiger partial charge in [-0.1, -0.05) is 91.0 Å². The maximum atomic E-state index is 13.1. The molecule has 7 heteroatoms. The summed E-state index contributed by atoms with van der Waals surface area (Å²) in [6.45, 7) is -0.151. The molecule has 7 nitrogen and oxygen atoms in total. The first-order chi connectivity index (χ1) is 19.1. The molecular formula is C32H25NO6. The van der Waals surface area contributed by atoms with Crippen LogP contribution in [0, 0.1) is 5.92 Å². The number of ether oxygens (including phenoxy) is 3. The zero-order valence-electron chi connectivity index (χ0n) is 20.9. The fourth-order valence-corrected chi connectivity index (χ4v) is 4.14. The Morgan fingerprint density at radius 1 is 0.744 bits per heavy atom. The van der Waals surface area contributed by atoms with Gasteiger partial charge in [-0.05, 0) is 47.0 Å². The second kappa shape index (κ2) is 11.9. The van der Waals surface area contributed by atoms with Gasteiger partial charge in [0.15, 0.2) is 12.5 Å². The van der Waals surface area contributed by atoms with E-state index in [1.165, 1.54) is 0 Å². The molecule has 1 aliphatic heterocycles. The Morgan fingerprint density at radius 3 is 1.92 bits per heavy atom. The van der Waals surface area contributed by atoms with Gasteiger partial charge in [0.1, 0.15) is 5.75 Å². The topological polar surface area (TPSA) is 90.9 Å². The summed E-state index contributed by atoms with van der Waals surface area (Å²) in [6.07, 6.45) is 0.659. The van der Waals surface area contributed by atoms with Crippen LogP contribution in [0.5, 0.6) is 5.75 Å². The largest absolute Gasteiger partial charge is 0.484 e. The molecule has 1 fully saturated rings. The molecule has 0 unspecified atom stereocenters. The van der Waals surface area contributed by atoms with Crippen LogP contribution < -0.4 is 10.1 Å². The molecule has 1 N–H and O–H groups in total. The van der Waals surface area contributed by atoms with Crippen molar-refractivity contribution in [2.24, 2.45) is 5.92 Å². The van der Waals surface area contributed by atoms with Gasteiger partial charge in [0.05, 0.1) is 0 Å². The van der Waals surface area contributed by atoms with E-state index in [1.54, 1.807) is 66.7 Å². The molecule has 0 atom stereocenters. The smallest absolute Gasteiger partial charge is 0.328 e. The molecule has 0 radical (unpaired) electrons. The molecule has 5 rings (SSSR count). The van der Waals surface area contributed by atoms with Crippen LogP contribution in [-0.2, 0) is 23.9 Å². The van der Waals surface area contributed by atoms with Crippen molar-refractivity contribution in [2.45, 2.75) is 6.29 Å². The Kier molecular flexibility index (Phi) is 7.79. The summed E-state index contributed by atoms with van der Waals surface area (Å²) >= 11 is 0. The number of hydrogen-bond donors (Lipinski definition) is 1. The van der Waals surface area contributed by atoms with Gasteiger partial charge < -0.3 is 19.5 Å². The van der Waals surface area contributed by atoms with Crippen LogP contribution in [-0.4, -0.2) is 24.5 Å². The third-order valence-corrected chi connectivity index (χ3v) is 6.04. The molecule has 0 aromatic heterocycles. The first-order valence-corrected chi connectivity index (χ1v) is 12.4. The number of rotatable bonds is 8. The van der Waals surface area contributed by atoms with Crippen LogP contribution >= 0.6 is 0 Å². The Hall–Kier alpha value is -5.17. The predicted molar refractivity (Wildman–Crippen MR) is 146 cm³/mol. The van der Waals surface area contributed by atoms with Crippen molar-refractivity contribution in [3.63, 3.8) is 0 Å². The first-order valence-electron chi connectivity index (χ1n) is 12.4. The molecule has 1 heterocycles. The monoisotopic (exact) mass is 519 g/mol. The van der Waals surface area contributed by atoms with Crippen molar-refractivity contribution in [3.8, 4) is 5.75 Å². The lowest BCUT2D eigenvalue weighted by Gasteiger charge is -2.29. The van der Waals surface area contributed by atoms with Crippen LogP contribution in [0.1, 0.15) is 23.0 Å². The third-order valence-electron chi connectivity index (χ3n) is 6.04. The van der Waals surface area contributed by atoms with Gasteiger partial charge in [0, 0.05) is 11.3 Å². The molecule has 4 aromatic rings. The molecule has 1 amide bonds. The standard InChI is InChI=1S/C32H25NO6/c34-28(33-25-14-8-3-9-15-25)21-37-26-18-16-22(17-19-26)20-27(23-10-4-1-5-11-23)29-30(35)38-32(39-31(29)36)24-12-6-2-7-13-24/h1-20,29,32H,21H2,(H,33,34). The summed E-state index contributed by atoms with van der Waals surface area (Å²) in [7, 11) is 0. The lowest BCUT2D eigenvalue weighted by Crippen LogP contribution is -2.37. The van der Waals surface area contributed by atoms with Gasteiger partial charge in [-0.3, -0.25) is 14.4 Å². The zero-order chi connectivity index (χ0) is 27.0. The molecule has 0 saturated carbocycles. The van der Waals surface area contributed by atoms with E-state index in [1.807, 2.05) is 54.6 Å². The lowest BCUT2D eigenvalue weighted by atomic mass is 9.90. The summed E-state index contributed by atoms with van der Waals surface area (Å²) in [5, 5.41) is 2.76. The molecule has 1 saturated heterocycles. The summed E-state index contributed by atoms with van der Waals surface area (Å²) in [5.74, 6) is -2.39. The number of carbonyl (C=O) groups excluding carboxylic acids is 3. The van der Waals surface area contributed by atoms with E-state index < -0.39 is 24.1 Å². The maximum absolute atomic E-state index is 13.1. The molecule has 0 bridgehead atoms. The molecular weight excluding hydrogens is 494 g/mol. The average molecular weight is 520 g/mol. The number of nitrogens with one attached hydrogen (secondary N) is 1. The molecule has 194 valence electrons. The SMILES string of the molecule is O=C(COc1ccc(C=C(c2ccccc2)C2C(=O)OC(c3ccccc3)OC2=O)cc1)Nc1ccccc1. The van der Waals surface area contributed by atoms with E-state index in [2.05, 4.69) is 5.32 Å². The highest BCUT2D eigenvalue weighted by atomic mass is 16.7. The summed E-state index contributed by atoms with van der Waals surface area (Å²) < 4.78 is 16.7. The van der Waals surface area contributed by atoms with E-state index in [0.717, 1.165) is 5.56 Å². The van der Waals surface area contributed by atoms with Crippen molar-refractivity contribution in [1.29, 1.82) is 0 Å². The summed E-state index contributed by atoms with van der Waals surface area (Å²) in [5.41, 5.74) is 3.13. The van der Waals surface area contributed by atoms with E-state index >= 15 is 0 Å². The van der Waals surface area contributed by atoms with E-state index in [4.69, 9.17) is 14.2 Å². The highest BCUT2D eigenvalue weighted by molar-refractivity contribution is 6.10. The van der Waals surface area contributed by atoms with Crippen molar-refractivity contribution in [2.75, 3.05) is 11.9 Å². The minimum Gasteiger partial charge on any atom is -0.484 e. The Labute approximate surface area is 225 Å². The van der Waals surface area contributed by atoms with E-state index in [0.29, 0.717) is 28.1 Å². The van der Waals surface area contributed by atoms with Crippen molar-refractivity contribution < 1.29 is 28.6 Å². The van der Waals surface area contributed by atoms with Crippen LogP contribution in [0.2, 0.25) is 0 Å². The summed E-state index contributed by atoms with van der Waals surface area (Å²) in [6, 6.07) is 34.1. The highest BCUT2D eigenvalue weighted by Crippen LogP contribution is 2.35. The number of carbonyl (C=O) groups is 3. The van der Waals surface area contributed by atoms with E-state index in [-0.39, 0.29) is 12.5 Å². The molecule has 1 aliphatic rings. The quantitative estimate of drug-likeness (QED) is 0.184. The van der Waals surface area contributed by atoms with Crippen LogP contribution in [0.25, 0.3) is 11.6 Å². The third kappa shape index (κ3) is 6.40. The summed E-state index contributed by atoms with van der Waals surface area (Å²) in [4.78, 5) is 38.4. The fourth-order valence-electron chi connectivity index (χ4n) is 4.14. The molecule has 0 spiro atoms. The number of cyclic esters (lactones) is 2. The average Bonchev–Trinajstić information content (AvgIpc) is 2.97. The molecule has 39 heavy (non-hydrogen) atoms. The van der Waals surface area contributed by atoms with Gasteiger partial charge in [-0.25, -0.2) is 0 Å². The van der Waals surface area contributed by atoms with Gasteiger partial charge in [-0.15, -0.1) is 0 Å². The number of para-hydroxylation sites is 1. The second-order valence-corrected chi connectivity index (χ2v) is 8.79. The number of hydrogen-bond acceptors (Lipinski definition) is 6. The normalized spacial score (nSPS) is 17.1. The number of esters is 2. The zero-order valence-corrected chi connectivity index (χ0v) is 20.9. The molecule has 4 aromatic carbocycles. The van der Waals surface area contributed by atoms with Gasteiger partial charge in [0.25, 0.3) is 12.2 Å². The fraction of sp³-hybridized carbons (Fsp3) is 0.0938. The van der Waals surface area contributed by atoms with Gasteiger partial charge in [-0.2, -0.15) is 0 Å². The lowest BCUT2D eigenvalue weighted by molar-refractivity contribution is -0.210. The maximum Gasteiger partial charge on any atom is 0.328 e. The first kappa shape index (κ1) is 25.5. The van der Waals surface area contributed by atoms with Gasteiger partial charge >= 0.3 is 11.9 Å². The van der Waals surface area contributed by atoms with E-state index in [9.17, 15) is 14.4 Å². The second-order valence-electron chi connectivity index (χ2n) is 8.79.